The number of hydrogen-bond donors (Lipinski definition) is 0. The van der Waals surface area contributed by atoms with E-state index in [1.807, 2.05) is 13.8 Å². The van der Waals surface area contributed by atoms with Crippen LogP contribution in [-0.4, -0.2) is 56.4 Å². The molecule has 1 aliphatic heterocycles. The quantitative estimate of drug-likeness (QED) is 0.524. The number of ether oxygens (including phenoxy) is 1. The molecule has 0 spiro atoms. The molecule has 6 nitrogen and oxygen atoms in total. The van der Waals surface area contributed by atoms with E-state index in [2.05, 4.69) is 4.99 Å². The number of piperidine rings is 1. The summed E-state index contributed by atoms with van der Waals surface area (Å²) in [5.74, 6) is -0.0251. The zero-order valence-corrected chi connectivity index (χ0v) is 11.6. The number of sulfonamides is 1. The lowest BCUT2D eigenvalue weighted by atomic mass is 10.1. The number of carbonyl (C=O) groups excluding carboxylic acids is 1. The number of aliphatic imine (C=N–C) groups is 1. The zero-order valence-electron chi connectivity index (χ0n) is 10.8. The van der Waals surface area contributed by atoms with Crippen molar-refractivity contribution >= 4 is 16.1 Å². The average molecular weight is 276 g/mol. The van der Waals surface area contributed by atoms with Crippen LogP contribution in [0, 0.1) is 0 Å². The lowest BCUT2D eigenvalue weighted by Crippen LogP contribution is -2.43. The van der Waals surface area contributed by atoms with Gasteiger partial charge in [-0.15, -0.1) is 0 Å². The molecule has 104 valence electrons. The zero-order chi connectivity index (χ0) is 13.6. The van der Waals surface area contributed by atoms with E-state index in [0.717, 1.165) is 12.8 Å². The summed E-state index contributed by atoms with van der Waals surface area (Å²) in [6.45, 7) is 4.69. The van der Waals surface area contributed by atoms with Gasteiger partial charge in [-0.3, -0.25) is 0 Å². The van der Waals surface area contributed by atoms with Crippen LogP contribution in [0.4, 0.5) is 0 Å². The summed E-state index contributed by atoms with van der Waals surface area (Å²) in [4.78, 5) is 13.8. The summed E-state index contributed by atoms with van der Waals surface area (Å²) in [5.41, 5.74) is 0. The van der Waals surface area contributed by atoms with Crippen molar-refractivity contribution in [3.8, 4) is 0 Å². The van der Waals surface area contributed by atoms with Crippen molar-refractivity contribution in [1.82, 2.24) is 4.31 Å². The Morgan fingerprint density at radius 3 is 2.83 bits per heavy atom. The first-order chi connectivity index (χ1) is 8.45. The van der Waals surface area contributed by atoms with E-state index in [1.54, 1.807) is 0 Å². The fourth-order valence-corrected chi connectivity index (χ4v) is 3.24. The largest absolute Gasteiger partial charge is 0.378 e. The summed E-state index contributed by atoms with van der Waals surface area (Å²) >= 11 is 0. The first kappa shape index (κ1) is 15.3. The Hall–Kier alpha value is -0.750. The minimum absolute atomic E-state index is 0.0222. The Balaban J connectivity index is 2.53. The maximum absolute atomic E-state index is 12.0. The molecular weight excluding hydrogens is 256 g/mol. The number of nitrogens with zero attached hydrogens (tertiary/aromatic N) is 2. The first-order valence-electron chi connectivity index (χ1n) is 6.12. The normalized spacial score (nSPS) is 21.8. The Labute approximate surface area is 108 Å². The van der Waals surface area contributed by atoms with Gasteiger partial charge in [-0.25, -0.2) is 18.2 Å². The highest BCUT2D eigenvalue weighted by atomic mass is 32.2. The highest BCUT2D eigenvalue weighted by Crippen LogP contribution is 2.16. The van der Waals surface area contributed by atoms with Crippen LogP contribution in [-0.2, 0) is 19.6 Å². The predicted molar refractivity (Wildman–Crippen MR) is 67.6 cm³/mol. The number of rotatable bonds is 6. The van der Waals surface area contributed by atoms with Crippen molar-refractivity contribution in [1.29, 1.82) is 0 Å². The lowest BCUT2D eigenvalue weighted by Gasteiger charge is -2.29. The van der Waals surface area contributed by atoms with Crippen LogP contribution in [0.2, 0.25) is 0 Å². The molecule has 1 atom stereocenters. The summed E-state index contributed by atoms with van der Waals surface area (Å²) < 4.78 is 30.7. The third-order valence-corrected chi connectivity index (χ3v) is 4.58. The first-order valence-corrected chi connectivity index (χ1v) is 7.73. The molecule has 1 aliphatic rings. The molecule has 7 heteroatoms. The van der Waals surface area contributed by atoms with Gasteiger partial charge in [-0.1, -0.05) is 0 Å². The van der Waals surface area contributed by atoms with Crippen molar-refractivity contribution in [3.63, 3.8) is 0 Å². The van der Waals surface area contributed by atoms with Crippen molar-refractivity contribution in [2.45, 2.75) is 38.8 Å². The molecule has 1 unspecified atom stereocenters. The fourth-order valence-electron chi connectivity index (χ4n) is 1.87. The van der Waals surface area contributed by atoms with Gasteiger partial charge in [0.05, 0.1) is 24.5 Å². The SMILES string of the molecule is CC(C)OCCS(=O)(=O)N1CCCC(N=C=O)C1. The van der Waals surface area contributed by atoms with Crippen molar-refractivity contribution in [2.24, 2.45) is 4.99 Å². The van der Waals surface area contributed by atoms with E-state index in [0.29, 0.717) is 6.54 Å². The monoisotopic (exact) mass is 276 g/mol. The van der Waals surface area contributed by atoms with Crippen molar-refractivity contribution < 1.29 is 17.9 Å². The van der Waals surface area contributed by atoms with Gasteiger partial charge in [-0.05, 0) is 26.7 Å². The molecule has 0 saturated carbocycles. The third-order valence-electron chi connectivity index (χ3n) is 2.78. The van der Waals surface area contributed by atoms with E-state index in [4.69, 9.17) is 4.74 Å². The van der Waals surface area contributed by atoms with E-state index in [9.17, 15) is 13.2 Å². The highest BCUT2D eigenvalue weighted by Gasteiger charge is 2.28. The van der Waals surface area contributed by atoms with E-state index in [1.165, 1.54) is 10.4 Å². The third kappa shape index (κ3) is 4.86. The number of hydrogen-bond acceptors (Lipinski definition) is 5. The van der Waals surface area contributed by atoms with Crippen molar-refractivity contribution in [2.75, 3.05) is 25.4 Å². The molecule has 1 fully saturated rings. The minimum Gasteiger partial charge on any atom is -0.378 e. The van der Waals surface area contributed by atoms with Crippen LogP contribution >= 0.6 is 0 Å². The second-order valence-electron chi connectivity index (χ2n) is 4.61. The van der Waals surface area contributed by atoms with Crippen LogP contribution in [0.1, 0.15) is 26.7 Å². The van der Waals surface area contributed by atoms with Gasteiger partial charge >= 0.3 is 0 Å². The maximum Gasteiger partial charge on any atom is 0.235 e. The van der Waals surface area contributed by atoms with Gasteiger partial charge in [0.15, 0.2) is 0 Å². The molecule has 0 N–H and O–H groups in total. The Morgan fingerprint density at radius 2 is 2.22 bits per heavy atom. The van der Waals surface area contributed by atoms with Crippen LogP contribution in [0.15, 0.2) is 4.99 Å². The van der Waals surface area contributed by atoms with E-state index < -0.39 is 10.0 Å². The topological polar surface area (TPSA) is 76.0 Å². The fraction of sp³-hybridized carbons (Fsp3) is 0.909. The molecule has 0 aromatic rings. The second-order valence-corrected chi connectivity index (χ2v) is 6.70. The average Bonchev–Trinajstić information content (AvgIpc) is 2.29. The second kappa shape index (κ2) is 6.99. The van der Waals surface area contributed by atoms with Gasteiger partial charge in [0.2, 0.25) is 16.1 Å². The summed E-state index contributed by atoms with van der Waals surface area (Å²) in [5, 5.41) is 0. The van der Waals surface area contributed by atoms with Gasteiger partial charge in [0, 0.05) is 13.1 Å². The smallest absolute Gasteiger partial charge is 0.235 e. The molecule has 0 aromatic carbocycles. The Kier molecular flexibility index (Phi) is 5.95. The molecule has 0 amide bonds. The Bertz CT molecular complexity index is 401. The van der Waals surface area contributed by atoms with Crippen LogP contribution in [0.25, 0.3) is 0 Å². The van der Waals surface area contributed by atoms with E-state index >= 15 is 0 Å². The van der Waals surface area contributed by atoms with Crippen molar-refractivity contribution in [3.05, 3.63) is 0 Å². The molecular formula is C11H20N2O4S. The van der Waals surface area contributed by atoms with Gasteiger partial charge in [0.1, 0.15) is 0 Å². The highest BCUT2D eigenvalue weighted by molar-refractivity contribution is 7.89. The Morgan fingerprint density at radius 1 is 1.50 bits per heavy atom. The summed E-state index contributed by atoms with van der Waals surface area (Å²) in [7, 11) is -3.31. The molecule has 0 bridgehead atoms. The summed E-state index contributed by atoms with van der Waals surface area (Å²) in [6.07, 6.45) is 2.98. The van der Waals surface area contributed by atoms with Crippen LogP contribution in [0.5, 0.6) is 0 Å². The number of isocyanates is 1. The van der Waals surface area contributed by atoms with Gasteiger partial charge < -0.3 is 4.74 Å². The molecule has 18 heavy (non-hydrogen) atoms. The van der Waals surface area contributed by atoms with Crippen LogP contribution in [0.3, 0.4) is 0 Å². The standard InChI is InChI=1S/C11H20N2O4S/c1-10(2)17-6-7-18(15,16)13-5-3-4-11(8-13)12-9-14/h10-11H,3-8H2,1-2H3. The maximum atomic E-state index is 12.0. The minimum atomic E-state index is -3.31. The molecule has 0 radical (unpaired) electrons. The lowest BCUT2D eigenvalue weighted by molar-refractivity contribution is 0.0905. The molecule has 0 aromatic heterocycles. The van der Waals surface area contributed by atoms with Gasteiger partial charge in [-0.2, -0.15) is 4.31 Å². The molecule has 1 heterocycles. The van der Waals surface area contributed by atoms with Crippen LogP contribution < -0.4 is 0 Å². The molecule has 0 aliphatic carbocycles. The molecule has 1 saturated heterocycles. The molecule has 1 rings (SSSR count). The van der Waals surface area contributed by atoms with E-state index in [-0.39, 0.29) is 31.1 Å². The van der Waals surface area contributed by atoms with Gasteiger partial charge in [0.25, 0.3) is 0 Å². The predicted octanol–water partition coefficient (Wildman–Crippen LogP) is 0.541. The summed E-state index contributed by atoms with van der Waals surface area (Å²) in [6, 6.07) is -0.253.